The van der Waals surface area contributed by atoms with Crippen LogP contribution in [0.15, 0.2) is 28.7 Å². The highest BCUT2D eigenvalue weighted by molar-refractivity contribution is 9.10. The summed E-state index contributed by atoms with van der Waals surface area (Å²) in [6.07, 6.45) is 2.57. The van der Waals surface area contributed by atoms with Crippen LogP contribution in [0.3, 0.4) is 0 Å². The van der Waals surface area contributed by atoms with E-state index in [9.17, 15) is 18.0 Å². The first-order valence-electron chi connectivity index (χ1n) is 8.03. The number of carbonyl (C=O) groups excluding carboxylic acids is 2. The van der Waals surface area contributed by atoms with Crippen molar-refractivity contribution in [2.45, 2.75) is 25.3 Å². The van der Waals surface area contributed by atoms with Gasteiger partial charge in [0.05, 0.1) is 6.26 Å². The Morgan fingerprint density at radius 1 is 1.20 bits per heavy atom. The first-order chi connectivity index (χ1) is 11.7. The van der Waals surface area contributed by atoms with Gasteiger partial charge >= 0.3 is 0 Å². The molecule has 1 heterocycles. The van der Waals surface area contributed by atoms with E-state index >= 15 is 0 Å². The van der Waals surface area contributed by atoms with Crippen molar-refractivity contribution >= 4 is 37.8 Å². The molecule has 25 heavy (non-hydrogen) atoms. The largest absolute Gasteiger partial charge is 0.352 e. The molecule has 138 valence electrons. The Kier molecular flexibility index (Phi) is 6.97. The lowest BCUT2D eigenvalue weighted by atomic mass is 10.1. The number of likely N-dealkylation sites (tertiary alicyclic amines) is 1. The molecule has 1 aliphatic heterocycles. The number of halogens is 1. The quantitative estimate of drug-likeness (QED) is 0.704. The van der Waals surface area contributed by atoms with Crippen LogP contribution < -0.4 is 10.0 Å². The number of nitrogens with one attached hydrogen (secondary N) is 2. The van der Waals surface area contributed by atoms with Gasteiger partial charge < -0.3 is 10.2 Å². The number of rotatable bonds is 6. The van der Waals surface area contributed by atoms with E-state index in [4.69, 9.17) is 0 Å². The van der Waals surface area contributed by atoms with Gasteiger partial charge in [-0.2, -0.15) is 0 Å². The number of piperidine rings is 1. The molecule has 2 N–H and O–H groups in total. The van der Waals surface area contributed by atoms with Crippen LogP contribution in [0.2, 0.25) is 0 Å². The Bertz CT molecular complexity index is 713. The number of hydrogen-bond donors (Lipinski definition) is 2. The van der Waals surface area contributed by atoms with E-state index in [0.29, 0.717) is 31.5 Å². The SMILES string of the molecule is CS(=O)(=O)NC1CCN(C(=O)CCNC(=O)c2ccc(Br)cc2)CC1. The lowest BCUT2D eigenvalue weighted by molar-refractivity contribution is -0.132. The van der Waals surface area contributed by atoms with Gasteiger partial charge in [0.25, 0.3) is 5.91 Å². The van der Waals surface area contributed by atoms with Gasteiger partial charge in [0.15, 0.2) is 0 Å². The van der Waals surface area contributed by atoms with Crippen LogP contribution in [0.1, 0.15) is 29.6 Å². The van der Waals surface area contributed by atoms with Gasteiger partial charge in [-0.1, -0.05) is 15.9 Å². The maximum absolute atomic E-state index is 12.2. The molecule has 1 fully saturated rings. The number of amides is 2. The van der Waals surface area contributed by atoms with Crippen LogP contribution >= 0.6 is 15.9 Å². The van der Waals surface area contributed by atoms with Crippen LogP contribution in [0.25, 0.3) is 0 Å². The van der Waals surface area contributed by atoms with Crippen LogP contribution in [-0.2, 0) is 14.8 Å². The van der Waals surface area contributed by atoms with E-state index in [-0.39, 0.29) is 30.8 Å². The Balaban J connectivity index is 1.71. The van der Waals surface area contributed by atoms with Crippen LogP contribution in [0, 0.1) is 0 Å². The lowest BCUT2D eigenvalue weighted by Crippen LogP contribution is -2.46. The summed E-state index contributed by atoms with van der Waals surface area (Å²) >= 11 is 3.31. The number of hydrogen-bond acceptors (Lipinski definition) is 4. The summed E-state index contributed by atoms with van der Waals surface area (Å²) in [7, 11) is -3.22. The molecule has 0 aliphatic carbocycles. The van der Waals surface area contributed by atoms with Gasteiger partial charge in [0.1, 0.15) is 0 Å². The Hall–Kier alpha value is -1.45. The fraction of sp³-hybridized carbons (Fsp3) is 0.500. The Labute approximate surface area is 156 Å². The summed E-state index contributed by atoms with van der Waals surface area (Å²) < 4.78 is 25.9. The van der Waals surface area contributed by atoms with Crippen molar-refractivity contribution in [1.29, 1.82) is 0 Å². The Morgan fingerprint density at radius 3 is 2.36 bits per heavy atom. The monoisotopic (exact) mass is 431 g/mol. The van der Waals surface area contributed by atoms with Crippen molar-refractivity contribution in [3.05, 3.63) is 34.3 Å². The molecule has 9 heteroatoms. The molecule has 7 nitrogen and oxygen atoms in total. The minimum Gasteiger partial charge on any atom is -0.352 e. The van der Waals surface area contributed by atoms with Gasteiger partial charge in [0, 0.05) is 42.1 Å². The summed E-state index contributed by atoms with van der Waals surface area (Å²) in [5.41, 5.74) is 0.545. The zero-order valence-electron chi connectivity index (χ0n) is 14.0. The highest BCUT2D eigenvalue weighted by Crippen LogP contribution is 2.12. The highest BCUT2D eigenvalue weighted by Gasteiger charge is 2.24. The summed E-state index contributed by atoms with van der Waals surface area (Å²) in [6.45, 7) is 1.31. The molecule has 2 amide bonds. The second-order valence-electron chi connectivity index (χ2n) is 6.06. The van der Waals surface area contributed by atoms with E-state index in [2.05, 4.69) is 26.0 Å². The zero-order chi connectivity index (χ0) is 18.4. The van der Waals surface area contributed by atoms with Crippen LogP contribution in [-0.4, -0.2) is 57.1 Å². The first kappa shape index (κ1) is 19.9. The second kappa shape index (κ2) is 8.77. The maximum atomic E-state index is 12.2. The van der Waals surface area contributed by atoms with Gasteiger partial charge in [-0.05, 0) is 37.1 Å². The maximum Gasteiger partial charge on any atom is 0.251 e. The van der Waals surface area contributed by atoms with Gasteiger partial charge in [-0.15, -0.1) is 0 Å². The third-order valence-electron chi connectivity index (χ3n) is 3.96. The summed E-state index contributed by atoms with van der Waals surface area (Å²) in [4.78, 5) is 25.9. The molecule has 1 saturated heterocycles. The third-order valence-corrected chi connectivity index (χ3v) is 5.25. The molecule has 0 spiro atoms. The molecule has 0 unspecified atom stereocenters. The van der Waals surface area contributed by atoms with E-state index < -0.39 is 10.0 Å². The number of sulfonamides is 1. The average molecular weight is 432 g/mol. The van der Waals surface area contributed by atoms with E-state index in [1.807, 2.05) is 0 Å². The highest BCUT2D eigenvalue weighted by atomic mass is 79.9. The zero-order valence-corrected chi connectivity index (χ0v) is 16.4. The third kappa shape index (κ3) is 6.75. The van der Waals surface area contributed by atoms with Crippen molar-refractivity contribution in [3.8, 4) is 0 Å². The van der Waals surface area contributed by atoms with E-state index in [0.717, 1.165) is 10.7 Å². The van der Waals surface area contributed by atoms with Gasteiger partial charge in [0.2, 0.25) is 15.9 Å². The lowest BCUT2D eigenvalue weighted by Gasteiger charge is -2.32. The fourth-order valence-corrected chi connectivity index (χ4v) is 3.80. The summed E-state index contributed by atoms with van der Waals surface area (Å²) in [6, 6.07) is 6.88. The molecule has 0 radical (unpaired) electrons. The smallest absolute Gasteiger partial charge is 0.251 e. The standard InChI is InChI=1S/C16H22BrN3O4S/c1-25(23,24)19-14-7-10-20(11-8-14)15(21)6-9-18-16(22)12-2-4-13(17)5-3-12/h2-5,14,19H,6-11H2,1H3,(H,18,22). The molecule has 0 bridgehead atoms. The molecule has 1 aliphatic rings. The molecule has 2 rings (SSSR count). The van der Waals surface area contributed by atoms with Crippen LogP contribution in [0.5, 0.6) is 0 Å². The van der Waals surface area contributed by atoms with Crippen molar-refractivity contribution in [3.63, 3.8) is 0 Å². The van der Waals surface area contributed by atoms with E-state index in [1.54, 1.807) is 29.2 Å². The van der Waals surface area contributed by atoms with E-state index in [1.165, 1.54) is 0 Å². The predicted octanol–water partition coefficient (Wildman–Crippen LogP) is 1.11. The topological polar surface area (TPSA) is 95.6 Å². The normalized spacial score (nSPS) is 15.8. The average Bonchev–Trinajstić information content (AvgIpc) is 2.54. The van der Waals surface area contributed by atoms with Crippen molar-refractivity contribution in [2.75, 3.05) is 25.9 Å². The molecule has 0 atom stereocenters. The van der Waals surface area contributed by atoms with Crippen molar-refractivity contribution < 1.29 is 18.0 Å². The van der Waals surface area contributed by atoms with Gasteiger partial charge in [-0.3, -0.25) is 9.59 Å². The molecule has 1 aromatic rings. The van der Waals surface area contributed by atoms with Crippen molar-refractivity contribution in [2.24, 2.45) is 0 Å². The summed E-state index contributed by atoms with van der Waals surface area (Å²) in [5, 5.41) is 2.73. The number of nitrogens with zero attached hydrogens (tertiary/aromatic N) is 1. The minimum atomic E-state index is -3.22. The van der Waals surface area contributed by atoms with Crippen LogP contribution in [0.4, 0.5) is 0 Å². The predicted molar refractivity (Wildman–Crippen MR) is 98.7 cm³/mol. The summed E-state index contributed by atoms with van der Waals surface area (Å²) in [5.74, 6) is -0.245. The van der Waals surface area contributed by atoms with Crippen molar-refractivity contribution in [1.82, 2.24) is 14.9 Å². The van der Waals surface area contributed by atoms with Gasteiger partial charge in [-0.25, -0.2) is 13.1 Å². The minimum absolute atomic E-state index is 0.0334. The molecular weight excluding hydrogens is 410 g/mol. The molecule has 0 aromatic heterocycles. The number of benzene rings is 1. The number of carbonyl (C=O) groups is 2. The molecular formula is C16H22BrN3O4S. The molecule has 0 saturated carbocycles. The fourth-order valence-electron chi connectivity index (χ4n) is 2.69. The second-order valence-corrected chi connectivity index (χ2v) is 8.75. The Morgan fingerprint density at radius 2 is 1.80 bits per heavy atom. The molecule has 1 aromatic carbocycles. The first-order valence-corrected chi connectivity index (χ1v) is 10.7.